The molecule has 1 saturated carbocycles. The fraction of sp³-hybridized carbons (Fsp3) is 0.481. The SMILES string of the molecule is CC[C@@H](C(=O)NC1CCCCC1)N(Cc1ccc(OC)cc1)C(=O)COc1ccc(C)cc1. The average molecular weight is 453 g/mol. The summed E-state index contributed by atoms with van der Waals surface area (Å²) in [4.78, 5) is 28.2. The summed E-state index contributed by atoms with van der Waals surface area (Å²) < 4.78 is 11.0. The summed E-state index contributed by atoms with van der Waals surface area (Å²) >= 11 is 0. The maximum Gasteiger partial charge on any atom is 0.261 e. The van der Waals surface area contributed by atoms with Crippen LogP contribution in [0.1, 0.15) is 56.6 Å². The third kappa shape index (κ3) is 7.24. The van der Waals surface area contributed by atoms with Crippen LogP contribution in [0.25, 0.3) is 0 Å². The summed E-state index contributed by atoms with van der Waals surface area (Å²) in [6, 6.07) is 14.8. The van der Waals surface area contributed by atoms with Gasteiger partial charge in [-0.05, 0) is 56.0 Å². The molecule has 0 radical (unpaired) electrons. The largest absolute Gasteiger partial charge is 0.497 e. The molecule has 1 N–H and O–H groups in total. The molecule has 2 aromatic carbocycles. The number of hydrogen-bond acceptors (Lipinski definition) is 4. The Balaban J connectivity index is 1.74. The first-order chi connectivity index (χ1) is 16.0. The van der Waals surface area contributed by atoms with Crippen LogP contribution in [0, 0.1) is 6.92 Å². The van der Waals surface area contributed by atoms with Crippen LogP contribution in [0.2, 0.25) is 0 Å². The molecule has 0 aliphatic heterocycles. The number of methoxy groups -OCH3 is 1. The highest BCUT2D eigenvalue weighted by Gasteiger charge is 2.30. The van der Waals surface area contributed by atoms with Crippen LogP contribution in [-0.4, -0.2) is 42.5 Å². The molecule has 6 nitrogen and oxygen atoms in total. The minimum absolute atomic E-state index is 0.0819. The molecule has 1 atom stereocenters. The molecule has 0 bridgehead atoms. The first-order valence-corrected chi connectivity index (χ1v) is 11.9. The molecule has 1 aliphatic rings. The second-order valence-electron chi connectivity index (χ2n) is 8.74. The van der Waals surface area contributed by atoms with Gasteiger partial charge in [0.1, 0.15) is 17.5 Å². The van der Waals surface area contributed by atoms with Gasteiger partial charge in [-0.2, -0.15) is 0 Å². The molecule has 6 heteroatoms. The van der Waals surface area contributed by atoms with E-state index in [-0.39, 0.29) is 24.5 Å². The minimum Gasteiger partial charge on any atom is -0.497 e. The van der Waals surface area contributed by atoms with Crippen molar-refractivity contribution in [2.24, 2.45) is 0 Å². The van der Waals surface area contributed by atoms with Gasteiger partial charge < -0.3 is 19.7 Å². The molecule has 0 spiro atoms. The second-order valence-corrected chi connectivity index (χ2v) is 8.74. The second kappa shape index (κ2) is 12.3. The molecule has 2 aromatic rings. The highest BCUT2D eigenvalue weighted by molar-refractivity contribution is 5.88. The van der Waals surface area contributed by atoms with E-state index < -0.39 is 6.04 Å². The van der Waals surface area contributed by atoms with Gasteiger partial charge in [0.15, 0.2) is 6.61 Å². The Bertz CT molecular complexity index is 889. The maximum absolute atomic E-state index is 13.3. The van der Waals surface area contributed by atoms with E-state index in [1.807, 2.05) is 62.4 Å². The molecule has 0 aromatic heterocycles. The van der Waals surface area contributed by atoms with Gasteiger partial charge >= 0.3 is 0 Å². The summed E-state index contributed by atoms with van der Waals surface area (Å²) in [6.07, 6.45) is 6.05. The van der Waals surface area contributed by atoms with Crippen LogP contribution in [-0.2, 0) is 16.1 Å². The van der Waals surface area contributed by atoms with Crippen LogP contribution in [0.3, 0.4) is 0 Å². The zero-order valence-electron chi connectivity index (χ0n) is 20.0. The van der Waals surface area contributed by atoms with E-state index in [9.17, 15) is 9.59 Å². The van der Waals surface area contributed by atoms with Crippen LogP contribution in [0.15, 0.2) is 48.5 Å². The van der Waals surface area contributed by atoms with E-state index in [0.717, 1.165) is 42.6 Å². The minimum atomic E-state index is -0.553. The van der Waals surface area contributed by atoms with E-state index in [2.05, 4.69) is 5.32 Å². The predicted molar refractivity (Wildman–Crippen MR) is 129 cm³/mol. The van der Waals surface area contributed by atoms with Crippen molar-refractivity contribution in [1.29, 1.82) is 0 Å². The first kappa shape index (κ1) is 24.6. The molecule has 1 aliphatic carbocycles. The topological polar surface area (TPSA) is 67.9 Å². The van der Waals surface area contributed by atoms with Gasteiger partial charge in [0.25, 0.3) is 5.91 Å². The Morgan fingerprint density at radius 2 is 1.64 bits per heavy atom. The number of amides is 2. The van der Waals surface area contributed by atoms with E-state index in [0.29, 0.717) is 18.7 Å². The van der Waals surface area contributed by atoms with Gasteiger partial charge in [-0.1, -0.05) is 56.0 Å². The highest BCUT2D eigenvalue weighted by atomic mass is 16.5. The third-order valence-electron chi connectivity index (χ3n) is 6.23. The lowest BCUT2D eigenvalue weighted by molar-refractivity contribution is -0.143. The summed E-state index contributed by atoms with van der Waals surface area (Å²) in [5, 5.41) is 3.20. The van der Waals surface area contributed by atoms with Crippen molar-refractivity contribution >= 4 is 11.8 Å². The molecule has 0 unspecified atom stereocenters. The highest BCUT2D eigenvalue weighted by Crippen LogP contribution is 2.20. The number of nitrogens with zero attached hydrogens (tertiary/aromatic N) is 1. The van der Waals surface area contributed by atoms with Gasteiger partial charge in [0.2, 0.25) is 5.91 Å². The molecule has 3 rings (SSSR count). The lowest BCUT2D eigenvalue weighted by Crippen LogP contribution is -2.52. The van der Waals surface area contributed by atoms with Crippen molar-refractivity contribution in [3.05, 3.63) is 59.7 Å². The van der Waals surface area contributed by atoms with Crippen LogP contribution in [0.4, 0.5) is 0 Å². The van der Waals surface area contributed by atoms with Crippen molar-refractivity contribution < 1.29 is 19.1 Å². The molecule has 0 heterocycles. The van der Waals surface area contributed by atoms with Crippen LogP contribution in [0.5, 0.6) is 11.5 Å². The molecular weight excluding hydrogens is 416 g/mol. The number of hydrogen-bond donors (Lipinski definition) is 1. The lowest BCUT2D eigenvalue weighted by Gasteiger charge is -2.32. The average Bonchev–Trinajstić information content (AvgIpc) is 2.84. The van der Waals surface area contributed by atoms with E-state index in [1.165, 1.54) is 6.42 Å². The molecule has 33 heavy (non-hydrogen) atoms. The Hall–Kier alpha value is -3.02. The zero-order valence-corrected chi connectivity index (χ0v) is 20.0. The Labute approximate surface area is 197 Å². The number of carbonyl (C=O) groups is 2. The molecule has 178 valence electrons. The van der Waals surface area contributed by atoms with Crippen molar-refractivity contribution in [1.82, 2.24) is 10.2 Å². The standard InChI is InChI=1S/C27H36N2O4/c1-4-25(27(31)28-22-8-6-5-7-9-22)29(18-21-12-16-23(32-3)17-13-21)26(30)19-33-24-14-10-20(2)11-15-24/h10-17,22,25H,4-9,18-19H2,1-3H3,(H,28,31)/t25-/m0/s1. The predicted octanol–water partition coefficient (Wildman–Crippen LogP) is 4.64. The summed E-state index contributed by atoms with van der Waals surface area (Å²) in [5.41, 5.74) is 2.06. The fourth-order valence-electron chi connectivity index (χ4n) is 4.25. The Kier molecular flexibility index (Phi) is 9.16. The smallest absolute Gasteiger partial charge is 0.261 e. The van der Waals surface area contributed by atoms with Crippen molar-refractivity contribution in [3.63, 3.8) is 0 Å². The van der Waals surface area contributed by atoms with Gasteiger partial charge in [-0.15, -0.1) is 0 Å². The molecular formula is C27H36N2O4. The van der Waals surface area contributed by atoms with Gasteiger partial charge in [-0.25, -0.2) is 0 Å². The Morgan fingerprint density at radius 1 is 1.00 bits per heavy atom. The Morgan fingerprint density at radius 3 is 2.24 bits per heavy atom. The maximum atomic E-state index is 13.3. The van der Waals surface area contributed by atoms with Crippen molar-refractivity contribution in [2.75, 3.05) is 13.7 Å². The number of rotatable bonds is 10. The van der Waals surface area contributed by atoms with E-state index in [4.69, 9.17) is 9.47 Å². The van der Waals surface area contributed by atoms with E-state index >= 15 is 0 Å². The van der Waals surface area contributed by atoms with Gasteiger partial charge in [0.05, 0.1) is 7.11 Å². The van der Waals surface area contributed by atoms with Crippen LogP contribution < -0.4 is 14.8 Å². The summed E-state index contributed by atoms with van der Waals surface area (Å²) in [5.74, 6) is 1.10. The summed E-state index contributed by atoms with van der Waals surface area (Å²) in [6.45, 7) is 4.16. The first-order valence-electron chi connectivity index (χ1n) is 11.9. The van der Waals surface area contributed by atoms with Crippen molar-refractivity contribution in [3.8, 4) is 11.5 Å². The number of nitrogens with one attached hydrogen (secondary N) is 1. The monoisotopic (exact) mass is 452 g/mol. The normalized spacial score (nSPS) is 14.9. The van der Waals surface area contributed by atoms with Crippen LogP contribution >= 0.6 is 0 Å². The third-order valence-corrected chi connectivity index (χ3v) is 6.23. The van der Waals surface area contributed by atoms with Gasteiger partial charge in [-0.3, -0.25) is 9.59 Å². The number of ether oxygens (including phenoxy) is 2. The van der Waals surface area contributed by atoms with E-state index in [1.54, 1.807) is 12.0 Å². The number of carbonyl (C=O) groups excluding carboxylic acids is 2. The summed E-state index contributed by atoms with van der Waals surface area (Å²) in [7, 11) is 1.62. The molecule has 1 fully saturated rings. The quantitative estimate of drug-likeness (QED) is 0.570. The number of aryl methyl sites for hydroxylation is 1. The number of benzene rings is 2. The zero-order chi connectivity index (χ0) is 23.6. The van der Waals surface area contributed by atoms with Gasteiger partial charge in [0, 0.05) is 12.6 Å². The lowest BCUT2D eigenvalue weighted by atomic mass is 9.95. The van der Waals surface area contributed by atoms with Crippen molar-refractivity contribution in [2.45, 2.75) is 71.0 Å². The molecule has 0 saturated heterocycles. The fourth-order valence-corrected chi connectivity index (χ4v) is 4.25. The molecule has 2 amide bonds.